The summed E-state index contributed by atoms with van der Waals surface area (Å²) < 4.78 is 0. The van der Waals surface area contributed by atoms with Gasteiger partial charge in [-0.1, -0.05) is 25.4 Å². The summed E-state index contributed by atoms with van der Waals surface area (Å²) in [6.45, 7) is 7.49. The van der Waals surface area contributed by atoms with Gasteiger partial charge in [0.1, 0.15) is 16.8 Å². The molecule has 1 aliphatic heterocycles. The largest absolute Gasteiger partial charge is 0.353 e. The van der Waals surface area contributed by atoms with Crippen LogP contribution in [0.1, 0.15) is 32.5 Å². The molecule has 0 aromatic carbocycles. The Labute approximate surface area is 102 Å². The molecule has 16 heavy (non-hydrogen) atoms. The molecule has 1 atom stereocenters. The number of aryl methyl sites for hydroxylation is 1. The third-order valence-electron chi connectivity index (χ3n) is 3.16. The molecule has 0 aliphatic carbocycles. The summed E-state index contributed by atoms with van der Waals surface area (Å²) in [5.41, 5.74) is 0. The number of aromatic nitrogens is 2. The van der Waals surface area contributed by atoms with Gasteiger partial charge >= 0.3 is 0 Å². The number of nitrogens with zero attached hydrogens (tertiary/aromatic N) is 3. The molecule has 0 saturated carbocycles. The van der Waals surface area contributed by atoms with Gasteiger partial charge in [0.15, 0.2) is 0 Å². The second-order valence-electron chi connectivity index (χ2n) is 4.74. The molecule has 0 bridgehead atoms. The first-order valence-electron chi connectivity index (χ1n) is 5.86. The number of rotatable bonds is 2. The van der Waals surface area contributed by atoms with Gasteiger partial charge in [0.2, 0.25) is 0 Å². The molecule has 2 heterocycles. The maximum absolute atomic E-state index is 5.98. The molecule has 0 spiro atoms. The normalized spacial score (nSPS) is 20.8. The van der Waals surface area contributed by atoms with Crippen molar-refractivity contribution < 1.29 is 0 Å². The molecular formula is C12H18ClN3. The van der Waals surface area contributed by atoms with Crippen LogP contribution in [-0.4, -0.2) is 22.6 Å². The standard InChI is InChI=1S/C12H18ClN3/c1-8(2)10-5-4-6-16(10)12-7-11(13)14-9(3)15-12/h7-8,10H,4-6H2,1-3H3. The highest BCUT2D eigenvalue weighted by atomic mass is 35.5. The van der Waals surface area contributed by atoms with Crippen LogP contribution >= 0.6 is 11.6 Å². The van der Waals surface area contributed by atoms with Crippen molar-refractivity contribution in [3.8, 4) is 0 Å². The quantitative estimate of drug-likeness (QED) is 0.743. The van der Waals surface area contributed by atoms with E-state index in [1.165, 1.54) is 12.8 Å². The van der Waals surface area contributed by atoms with Gasteiger partial charge in [0.25, 0.3) is 0 Å². The predicted octanol–water partition coefficient (Wildman–Crippen LogP) is 3.06. The van der Waals surface area contributed by atoms with Gasteiger partial charge in [-0.2, -0.15) is 0 Å². The molecule has 0 N–H and O–H groups in total. The van der Waals surface area contributed by atoms with Crippen LogP contribution in [0, 0.1) is 12.8 Å². The average Bonchev–Trinajstić information content (AvgIpc) is 2.63. The van der Waals surface area contributed by atoms with Crippen molar-refractivity contribution in [2.75, 3.05) is 11.4 Å². The molecule has 0 amide bonds. The van der Waals surface area contributed by atoms with Crippen molar-refractivity contribution in [1.82, 2.24) is 9.97 Å². The van der Waals surface area contributed by atoms with Crippen LogP contribution in [0.25, 0.3) is 0 Å². The number of hydrogen-bond donors (Lipinski definition) is 0. The Hall–Kier alpha value is -0.830. The van der Waals surface area contributed by atoms with Crippen LogP contribution < -0.4 is 4.90 Å². The van der Waals surface area contributed by atoms with Crippen LogP contribution in [0.5, 0.6) is 0 Å². The molecule has 88 valence electrons. The zero-order chi connectivity index (χ0) is 11.7. The molecule has 2 rings (SSSR count). The predicted molar refractivity (Wildman–Crippen MR) is 67.0 cm³/mol. The first-order chi connectivity index (χ1) is 7.58. The Morgan fingerprint density at radius 2 is 2.19 bits per heavy atom. The number of halogens is 1. The Balaban J connectivity index is 2.29. The molecule has 1 unspecified atom stereocenters. The van der Waals surface area contributed by atoms with Crippen LogP contribution in [0.3, 0.4) is 0 Å². The first-order valence-corrected chi connectivity index (χ1v) is 6.23. The van der Waals surface area contributed by atoms with Crippen molar-refractivity contribution in [2.24, 2.45) is 5.92 Å². The monoisotopic (exact) mass is 239 g/mol. The Morgan fingerprint density at radius 3 is 2.81 bits per heavy atom. The maximum Gasteiger partial charge on any atom is 0.134 e. The summed E-state index contributed by atoms with van der Waals surface area (Å²) in [6.07, 6.45) is 2.49. The Kier molecular flexibility index (Phi) is 3.33. The van der Waals surface area contributed by atoms with Crippen LogP contribution in [-0.2, 0) is 0 Å². The van der Waals surface area contributed by atoms with Gasteiger partial charge in [0, 0.05) is 18.7 Å². The fourth-order valence-corrected chi connectivity index (χ4v) is 2.65. The lowest BCUT2D eigenvalue weighted by Gasteiger charge is -2.28. The van der Waals surface area contributed by atoms with E-state index in [1.807, 2.05) is 13.0 Å². The summed E-state index contributed by atoms with van der Waals surface area (Å²) in [7, 11) is 0. The molecule has 1 aliphatic rings. The van der Waals surface area contributed by atoms with Gasteiger partial charge in [0.05, 0.1) is 0 Å². The van der Waals surface area contributed by atoms with Crippen molar-refractivity contribution in [3.05, 3.63) is 17.0 Å². The third kappa shape index (κ3) is 2.29. The molecule has 1 aromatic rings. The smallest absolute Gasteiger partial charge is 0.134 e. The lowest BCUT2D eigenvalue weighted by Crippen LogP contribution is -2.34. The molecule has 0 radical (unpaired) electrons. The van der Waals surface area contributed by atoms with Crippen molar-refractivity contribution in [1.29, 1.82) is 0 Å². The highest BCUT2D eigenvalue weighted by Gasteiger charge is 2.28. The van der Waals surface area contributed by atoms with E-state index < -0.39 is 0 Å². The van der Waals surface area contributed by atoms with Gasteiger partial charge < -0.3 is 4.90 Å². The van der Waals surface area contributed by atoms with Gasteiger partial charge in [-0.3, -0.25) is 0 Å². The molecular weight excluding hydrogens is 222 g/mol. The zero-order valence-corrected chi connectivity index (χ0v) is 10.8. The van der Waals surface area contributed by atoms with E-state index in [0.29, 0.717) is 17.1 Å². The second-order valence-corrected chi connectivity index (χ2v) is 5.13. The highest BCUT2D eigenvalue weighted by molar-refractivity contribution is 6.29. The summed E-state index contributed by atoms with van der Waals surface area (Å²) >= 11 is 5.98. The molecule has 1 saturated heterocycles. The van der Waals surface area contributed by atoms with Gasteiger partial charge in [-0.05, 0) is 25.7 Å². The fraction of sp³-hybridized carbons (Fsp3) is 0.667. The molecule has 3 nitrogen and oxygen atoms in total. The van der Waals surface area contributed by atoms with Gasteiger partial charge in [-0.25, -0.2) is 9.97 Å². The van der Waals surface area contributed by atoms with Crippen molar-refractivity contribution in [3.63, 3.8) is 0 Å². The van der Waals surface area contributed by atoms with E-state index in [4.69, 9.17) is 11.6 Å². The minimum atomic E-state index is 0.539. The molecule has 1 aromatic heterocycles. The van der Waals surface area contributed by atoms with E-state index in [-0.39, 0.29) is 0 Å². The number of hydrogen-bond acceptors (Lipinski definition) is 3. The number of anilines is 1. The van der Waals surface area contributed by atoms with E-state index in [2.05, 4.69) is 28.7 Å². The van der Waals surface area contributed by atoms with E-state index >= 15 is 0 Å². The summed E-state index contributed by atoms with van der Waals surface area (Å²) in [4.78, 5) is 10.9. The van der Waals surface area contributed by atoms with Gasteiger partial charge in [-0.15, -0.1) is 0 Å². The molecule has 4 heteroatoms. The van der Waals surface area contributed by atoms with E-state index in [9.17, 15) is 0 Å². The summed E-state index contributed by atoms with van der Waals surface area (Å²) in [6, 6.07) is 2.46. The highest BCUT2D eigenvalue weighted by Crippen LogP contribution is 2.29. The minimum absolute atomic E-state index is 0.539. The Morgan fingerprint density at radius 1 is 1.44 bits per heavy atom. The second kappa shape index (κ2) is 4.58. The van der Waals surface area contributed by atoms with E-state index in [0.717, 1.165) is 18.2 Å². The summed E-state index contributed by atoms with van der Waals surface area (Å²) in [5.74, 6) is 2.38. The van der Waals surface area contributed by atoms with Crippen molar-refractivity contribution in [2.45, 2.75) is 39.7 Å². The molecule has 1 fully saturated rings. The fourth-order valence-electron chi connectivity index (χ4n) is 2.43. The lowest BCUT2D eigenvalue weighted by atomic mass is 10.0. The van der Waals surface area contributed by atoms with E-state index in [1.54, 1.807) is 0 Å². The third-order valence-corrected chi connectivity index (χ3v) is 3.35. The average molecular weight is 240 g/mol. The zero-order valence-electron chi connectivity index (χ0n) is 10.1. The summed E-state index contributed by atoms with van der Waals surface area (Å²) in [5, 5.41) is 0.539. The van der Waals surface area contributed by atoms with Crippen LogP contribution in [0.2, 0.25) is 5.15 Å². The SMILES string of the molecule is Cc1nc(Cl)cc(N2CCCC2C(C)C)n1. The van der Waals surface area contributed by atoms with Crippen molar-refractivity contribution >= 4 is 17.4 Å². The van der Waals surface area contributed by atoms with Crippen LogP contribution in [0.15, 0.2) is 6.07 Å². The Bertz CT molecular complexity index is 358. The lowest BCUT2D eigenvalue weighted by molar-refractivity contribution is 0.489. The van der Waals surface area contributed by atoms with Crippen LogP contribution in [0.4, 0.5) is 5.82 Å². The topological polar surface area (TPSA) is 29.0 Å². The minimum Gasteiger partial charge on any atom is -0.353 e. The first kappa shape index (κ1) is 11.6. The maximum atomic E-state index is 5.98.